The van der Waals surface area contributed by atoms with E-state index in [1.165, 1.54) is 12.1 Å². The molecule has 1 aromatic carbocycles. The van der Waals surface area contributed by atoms with Crippen LogP contribution in [0.4, 0.5) is 13.2 Å². The Morgan fingerprint density at radius 3 is 2.41 bits per heavy atom. The molecule has 0 radical (unpaired) electrons. The monoisotopic (exact) mass is 310 g/mol. The zero-order chi connectivity index (χ0) is 16.2. The Balaban J connectivity index is 2.13. The normalized spacial score (nSPS) is 13.2. The number of aromatic nitrogens is 1. The van der Waals surface area contributed by atoms with Crippen LogP contribution in [0, 0.1) is 0 Å². The van der Waals surface area contributed by atoms with Gasteiger partial charge in [0.15, 0.2) is 0 Å². The van der Waals surface area contributed by atoms with Gasteiger partial charge in [0.05, 0.1) is 0 Å². The first-order chi connectivity index (χ1) is 10.4. The Bertz CT molecular complexity index is 602. The van der Waals surface area contributed by atoms with E-state index in [9.17, 15) is 13.2 Å². The molecule has 0 fully saturated rings. The summed E-state index contributed by atoms with van der Waals surface area (Å²) in [6, 6.07) is 10.0. The molecule has 22 heavy (non-hydrogen) atoms. The molecule has 0 amide bonds. The Labute approximate surface area is 127 Å². The second kappa shape index (κ2) is 6.79. The second-order valence-corrected chi connectivity index (χ2v) is 5.03. The molecule has 0 bridgehead atoms. The summed E-state index contributed by atoms with van der Waals surface area (Å²) in [4.78, 5) is 5.91. The summed E-state index contributed by atoms with van der Waals surface area (Å²) in [5, 5.41) is 0. The van der Waals surface area contributed by atoms with Crippen molar-refractivity contribution in [3.05, 3.63) is 59.9 Å². The summed E-state index contributed by atoms with van der Waals surface area (Å²) in [7, 11) is 1.86. The van der Waals surface area contributed by atoms with Crippen molar-refractivity contribution in [2.24, 2.45) is 0 Å². The number of rotatable bonds is 5. The maximum Gasteiger partial charge on any atom is 0.573 e. The summed E-state index contributed by atoms with van der Waals surface area (Å²) >= 11 is 0. The van der Waals surface area contributed by atoms with E-state index >= 15 is 0 Å². The van der Waals surface area contributed by atoms with Crippen LogP contribution in [0.3, 0.4) is 0 Å². The smallest absolute Gasteiger partial charge is 0.405 e. The van der Waals surface area contributed by atoms with E-state index in [1.807, 2.05) is 31.0 Å². The Morgan fingerprint density at radius 2 is 1.77 bits per heavy atom. The van der Waals surface area contributed by atoms with Crippen molar-refractivity contribution in [2.45, 2.75) is 25.9 Å². The first-order valence-corrected chi connectivity index (χ1v) is 6.80. The average Bonchev–Trinajstić information content (AvgIpc) is 2.48. The van der Waals surface area contributed by atoms with Crippen LogP contribution in [0.15, 0.2) is 48.8 Å². The molecule has 0 aliphatic rings. The Kier molecular flexibility index (Phi) is 5.03. The van der Waals surface area contributed by atoms with Crippen molar-refractivity contribution in [1.29, 1.82) is 0 Å². The van der Waals surface area contributed by atoms with E-state index in [0.717, 1.165) is 5.56 Å². The molecule has 118 valence electrons. The third kappa shape index (κ3) is 4.46. The van der Waals surface area contributed by atoms with E-state index in [1.54, 1.807) is 24.5 Å². The van der Waals surface area contributed by atoms with Crippen molar-refractivity contribution >= 4 is 0 Å². The van der Waals surface area contributed by atoms with E-state index < -0.39 is 6.36 Å². The van der Waals surface area contributed by atoms with Gasteiger partial charge in [-0.2, -0.15) is 0 Å². The highest BCUT2D eigenvalue weighted by Gasteiger charge is 2.32. The van der Waals surface area contributed by atoms with Gasteiger partial charge in [-0.15, -0.1) is 13.2 Å². The third-order valence-electron chi connectivity index (χ3n) is 3.47. The predicted molar refractivity (Wildman–Crippen MR) is 77.2 cm³/mol. The molecule has 0 saturated carbocycles. The quantitative estimate of drug-likeness (QED) is 0.828. The highest BCUT2D eigenvalue weighted by atomic mass is 19.4. The van der Waals surface area contributed by atoms with Gasteiger partial charge >= 0.3 is 6.36 Å². The summed E-state index contributed by atoms with van der Waals surface area (Å²) in [6.07, 6.45) is -1.30. The predicted octanol–water partition coefficient (Wildman–Crippen LogP) is 4.17. The lowest BCUT2D eigenvalue weighted by molar-refractivity contribution is -0.275. The minimum absolute atomic E-state index is 0.0435. The average molecular weight is 310 g/mol. The molecule has 1 atom stereocenters. The summed E-state index contributed by atoms with van der Waals surface area (Å²) in [6.45, 7) is 2.33. The molecular weight excluding hydrogens is 293 g/mol. The molecule has 0 N–H and O–H groups in total. The molecule has 0 aliphatic carbocycles. The van der Waals surface area contributed by atoms with Crippen molar-refractivity contribution in [3.63, 3.8) is 0 Å². The van der Waals surface area contributed by atoms with Gasteiger partial charge in [-0.25, -0.2) is 0 Å². The summed E-state index contributed by atoms with van der Waals surface area (Å²) in [5.41, 5.74) is 1.54. The van der Waals surface area contributed by atoms with Crippen LogP contribution in [-0.2, 0) is 6.54 Å². The van der Waals surface area contributed by atoms with Crippen molar-refractivity contribution < 1.29 is 17.9 Å². The summed E-state index contributed by atoms with van der Waals surface area (Å²) in [5.74, 6) is -0.163. The van der Waals surface area contributed by atoms with Gasteiger partial charge in [0, 0.05) is 30.5 Å². The van der Waals surface area contributed by atoms with Crippen LogP contribution in [-0.4, -0.2) is 23.3 Å². The second-order valence-electron chi connectivity index (χ2n) is 5.03. The fourth-order valence-corrected chi connectivity index (χ4v) is 2.16. The third-order valence-corrected chi connectivity index (χ3v) is 3.47. The highest BCUT2D eigenvalue weighted by molar-refractivity contribution is 5.33. The van der Waals surface area contributed by atoms with Gasteiger partial charge in [-0.1, -0.05) is 18.2 Å². The number of halogens is 3. The fourth-order valence-electron chi connectivity index (χ4n) is 2.16. The van der Waals surface area contributed by atoms with E-state index in [-0.39, 0.29) is 11.8 Å². The van der Waals surface area contributed by atoms with Crippen LogP contribution in [0.2, 0.25) is 0 Å². The van der Waals surface area contributed by atoms with Crippen LogP contribution < -0.4 is 4.74 Å². The number of nitrogens with zero attached hydrogens (tertiary/aromatic N) is 2. The summed E-state index contributed by atoms with van der Waals surface area (Å²) < 4.78 is 41.4. The minimum Gasteiger partial charge on any atom is -0.405 e. The number of pyridine rings is 1. The van der Waals surface area contributed by atoms with Crippen molar-refractivity contribution in [3.8, 4) is 5.75 Å². The highest BCUT2D eigenvalue weighted by Crippen LogP contribution is 2.28. The molecule has 0 spiro atoms. The maximum atomic E-state index is 12.4. The van der Waals surface area contributed by atoms with Crippen LogP contribution in [0.25, 0.3) is 0 Å². The number of alkyl halides is 3. The molecule has 0 unspecified atom stereocenters. The van der Waals surface area contributed by atoms with E-state index in [2.05, 4.69) is 9.72 Å². The fraction of sp³-hybridized carbons (Fsp3) is 0.312. The molecule has 2 rings (SSSR count). The van der Waals surface area contributed by atoms with Crippen LogP contribution in [0.1, 0.15) is 24.1 Å². The number of hydrogen-bond donors (Lipinski definition) is 0. The maximum absolute atomic E-state index is 12.4. The molecule has 6 heteroatoms. The lowest BCUT2D eigenvalue weighted by atomic mass is 10.1. The standard InChI is InChI=1S/C16H17F3N2O/c1-12(13-7-9-20-10-8-13)21(2)11-14-5-3-4-6-15(14)22-16(17,18)19/h3-10,12H,11H2,1-2H3/t12-/m1/s1. The van der Waals surface area contributed by atoms with Crippen LogP contribution >= 0.6 is 0 Å². The number of hydrogen-bond acceptors (Lipinski definition) is 3. The zero-order valence-electron chi connectivity index (χ0n) is 12.3. The van der Waals surface area contributed by atoms with Gasteiger partial charge in [0.1, 0.15) is 5.75 Å². The molecule has 0 saturated heterocycles. The van der Waals surface area contributed by atoms with Gasteiger partial charge in [0.2, 0.25) is 0 Å². The van der Waals surface area contributed by atoms with E-state index in [4.69, 9.17) is 0 Å². The van der Waals surface area contributed by atoms with Gasteiger partial charge in [0.25, 0.3) is 0 Å². The number of para-hydroxylation sites is 1. The van der Waals surface area contributed by atoms with Crippen molar-refractivity contribution in [2.75, 3.05) is 7.05 Å². The minimum atomic E-state index is -4.69. The lowest BCUT2D eigenvalue weighted by Crippen LogP contribution is -2.23. The van der Waals surface area contributed by atoms with E-state index in [0.29, 0.717) is 12.1 Å². The first-order valence-electron chi connectivity index (χ1n) is 6.80. The Hall–Kier alpha value is -2.08. The lowest BCUT2D eigenvalue weighted by Gasteiger charge is -2.26. The molecular formula is C16H17F3N2O. The van der Waals surface area contributed by atoms with Gasteiger partial charge < -0.3 is 4.74 Å². The SMILES string of the molecule is C[C@H](c1ccncc1)N(C)Cc1ccccc1OC(F)(F)F. The van der Waals surface area contributed by atoms with Crippen molar-refractivity contribution in [1.82, 2.24) is 9.88 Å². The molecule has 0 aliphatic heterocycles. The zero-order valence-corrected chi connectivity index (χ0v) is 12.3. The van der Waals surface area contributed by atoms with Gasteiger partial charge in [-0.05, 0) is 37.7 Å². The topological polar surface area (TPSA) is 25.4 Å². The van der Waals surface area contributed by atoms with Gasteiger partial charge in [-0.3, -0.25) is 9.88 Å². The Morgan fingerprint density at radius 1 is 1.14 bits per heavy atom. The first kappa shape index (κ1) is 16.3. The largest absolute Gasteiger partial charge is 0.573 e. The molecule has 1 aromatic heterocycles. The molecule has 2 aromatic rings. The number of ether oxygens (including phenoxy) is 1. The molecule has 1 heterocycles. The van der Waals surface area contributed by atoms with Crippen LogP contribution in [0.5, 0.6) is 5.75 Å². The number of benzene rings is 1. The molecule has 3 nitrogen and oxygen atoms in total.